The molecule has 0 aromatic heterocycles. The molecule has 0 bridgehead atoms. The summed E-state index contributed by atoms with van der Waals surface area (Å²) < 4.78 is 10.5. The molecule has 0 spiro atoms. The first-order chi connectivity index (χ1) is 5.07. The standard InChI is InChI=1S/C7H9BrO3/c1-3-10-7(2)4-5(8)6(9)11-7/h4H,3H2,1-2H3. The maximum absolute atomic E-state index is 10.8. The van der Waals surface area contributed by atoms with E-state index in [-0.39, 0.29) is 5.97 Å². The molecule has 62 valence electrons. The fourth-order valence-corrected chi connectivity index (χ4v) is 1.41. The predicted octanol–water partition coefficient (Wildman–Crippen LogP) is 1.57. The Morgan fingerprint density at radius 2 is 2.45 bits per heavy atom. The average molecular weight is 221 g/mol. The molecule has 0 amide bonds. The molecule has 0 saturated carbocycles. The molecule has 0 aromatic carbocycles. The van der Waals surface area contributed by atoms with Gasteiger partial charge in [-0.05, 0) is 22.9 Å². The van der Waals surface area contributed by atoms with Crippen LogP contribution in [0.25, 0.3) is 0 Å². The van der Waals surface area contributed by atoms with E-state index in [1.54, 1.807) is 13.0 Å². The van der Waals surface area contributed by atoms with Gasteiger partial charge >= 0.3 is 5.97 Å². The minimum absolute atomic E-state index is 0.374. The molecule has 0 N–H and O–H groups in total. The zero-order valence-electron chi connectivity index (χ0n) is 6.39. The molecule has 1 atom stereocenters. The van der Waals surface area contributed by atoms with Crippen LogP contribution in [0.1, 0.15) is 13.8 Å². The monoisotopic (exact) mass is 220 g/mol. The molecular weight excluding hydrogens is 212 g/mol. The van der Waals surface area contributed by atoms with E-state index in [4.69, 9.17) is 9.47 Å². The van der Waals surface area contributed by atoms with Crippen LogP contribution < -0.4 is 0 Å². The number of rotatable bonds is 2. The number of carbonyl (C=O) groups excluding carboxylic acids is 1. The highest BCUT2D eigenvalue weighted by Gasteiger charge is 2.35. The molecule has 1 aliphatic heterocycles. The van der Waals surface area contributed by atoms with E-state index < -0.39 is 5.79 Å². The Labute approximate surface area is 73.5 Å². The number of halogens is 1. The minimum Gasteiger partial charge on any atom is -0.426 e. The Balaban J connectivity index is 2.71. The molecule has 1 heterocycles. The summed E-state index contributed by atoms with van der Waals surface area (Å²) in [5.74, 6) is -1.24. The van der Waals surface area contributed by atoms with Gasteiger partial charge in [0.15, 0.2) is 0 Å². The third-order valence-corrected chi connectivity index (χ3v) is 1.86. The highest BCUT2D eigenvalue weighted by molar-refractivity contribution is 9.12. The van der Waals surface area contributed by atoms with Crippen LogP contribution in [0, 0.1) is 0 Å². The first-order valence-electron chi connectivity index (χ1n) is 3.33. The maximum Gasteiger partial charge on any atom is 0.347 e. The molecule has 0 fully saturated rings. The van der Waals surface area contributed by atoms with Gasteiger partial charge < -0.3 is 9.47 Å². The summed E-state index contributed by atoms with van der Waals surface area (Å²) in [6.45, 7) is 4.06. The van der Waals surface area contributed by atoms with Crippen LogP contribution >= 0.6 is 15.9 Å². The first kappa shape index (κ1) is 8.74. The minimum atomic E-state index is -0.870. The van der Waals surface area contributed by atoms with Crippen molar-refractivity contribution in [1.82, 2.24) is 0 Å². The van der Waals surface area contributed by atoms with Crippen molar-refractivity contribution in [3.05, 3.63) is 10.6 Å². The number of esters is 1. The SMILES string of the molecule is CCOC1(C)C=C(Br)C(=O)O1. The van der Waals surface area contributed by atoms with E-state index in [9.17, 15) is 4.79 Å². The summed E-state index contributed by atoms with van der Waals surface area (Å²) in [4.78, 5) is 10.8. The number of ether oxygens (including phenoxy) is 2. The van der Waals surface area contributed by atoms with Gasteiger partial charge in [0, 0.05) is 19.6 Å². The summed E-state index contributed by atoms with van der Waals surface area (Å²) in [6, 6.07) is 0. The second kappa shape index (κ2) is 2.95. The van der Waals surface area contributed by atoms with Crippen molar-refractivity contribution >= 4 is 21.9 Å². The molecule has 1 rings (SSSR count). The number of hydrogen-bond donors (Lipinski definition) is 0. The van der Waals surface area contributed by atoms with Crippen molar-refractivity contribution in [3.63, 3.8) is 0 Å². The third kappa shape index (κ3) is 1.81. The largest absolute Gasteiger partial charge is 0.426 e. The predicted molar refractivity (Wildman–Crippen MR) is 43.1 cm³/mol. The number of hydrogen-bond acceptors (Lipinski definition) is 3. The van der Waals surface area contributed by atoms with Gasteiger partial charge in [0.25, 0.3) is 0 Å². The van der Waals surface area contributed by atoms with Crippen molar-refractivity contribution in [2.24, 2.45) is 0 Å². The van der Waals surface area contributed by atoms with Gasteiger partial charge in [-0.25, -0.2) is 4.79 Å². The van der Waals surface area contributed by atoms with Gasteiger partial charge in [-0.2, -0.15) is 0 Å². The fraction of sp³-hybridized carbons (Fsp3) is 0.571. The molecule has 11 heavy (non-hydrogen) atoms. The van der Waals surface area contributed by atoms with Crippen molar-refractivity contribution in [1.29, 1.82) is 0 Å². The van der Waals surface area contributed by atoms with E-state index in [2.05, 4.69) is 15.9 Å². The lowest BCUT2D eigenvalue weighted by Crippen LogP contribution is -2.27. The maximum atomic E-state index is 10.8. The van der Waals surface area contributed by atoms with Crippen LogP contribution in [0.5, 0.6) is 0 Å². The van der Waals surface area contributed by atoms with Crippen LogP contribution in [-0.4, -0.2) is 18.4 Å². The van der Waals surface area contributed by atoms with E-state index in [1.165, 1.54) is 0 Å². The van der Waals surface area contributed by atoms with Crippen LogP contribution in [-0.2, 0) is 14.3 Å². The second-order valence-corrected chi connectivity index (χ2v) is 3.19. The zero-order valence-corrected chi connectivity index (χ0v) is 7.97. The van der Waals surface area contributed by atoms with Crippen LogP contribution in [0.15, 0.2) is 10.6 Å². The topological polar surface area (TPSA) is 35.5 Å². The Kier molecular flexibility index (Phi) is 2.34. The highest BCUT2D eigenvalue weighted by Crippen LogP contribution is 2.28. The van der Waals surface area contributed by atoms with Gasteiger partial charge in [0.05, 0.1) is 0 Å². The van der Waals surface area contributed by atoms with E-state index in [0.717, 1.165) is 0 Å². The molecule has 0 aliphatic carbocycles. The summed E-state index contributed by atoms with van der Waals surface area (Å²) in [5, 5.41) is 0. The highest BCUT2D eigenvalue weighted by atomic mass is 79.9. The molecule has 1 aliphatic rings. The molecule has 0 aromatic rings. The van der Waals surface area contributed by atoms with Crippen LogP contribution in [0.3, 0.4) is 0 Å². The molecule has 0 radical (unpaired) electrons. The van der Waals surface area contributed by atoms with Gasteiger partial charge in [-0.1, -0.05) is 0 Å². The quantitative estimate of drug-likeness (QED) is 0.664. The Morgan fingerprint density at radius 1 is 1.82 bits per heavy atom. The lowest BCUT2D eigenvalue weighted by Gasteiger charge is -2.19. The lowest BCUT2D eigenvalue weighted by atomic mass is 10.3. The third-order valence-electron chi connectivity index (χ3n) is 1.31. The summed E-state index contributed by atoms with van der Waals surface area (Å²) in [7, 11) is 0. The molecule has 4 heteroatoms. The molecule has 1 unspecified atom stereocenters. The van der Waals surface area contributed by atoms with E-state index in [0.29, 0.717) is 11.1 Å². The van der Waals surface area contributed by atoms with Crippen LogP contribution in [0.2, 0.25) is 0 Å². The van der Waals surface area contributed by atoms with Crippen molar-refractivity contribution in [3.8, 4) is 0 Å². The smallest absolute Gasteiger partial charge is 0.347 e. The summed E-state index contributed by atoms with van der Waals surface area (Å²) in [5.41, 5.74) is 0. The van der Waals surface area contributed by atoms with Gasteiger partial charge in [0.1, 0.15) is 4.48 Å². The zero-order chi connectivity index (χ0) is 8.48. The van der Waals surface area contributed by atoms with Crippen LogP contribution in [0.4, 0.5) is 0 Å². The van der Waals surface area contributed by atoms with Gasteiger partial charge in [-0.3, -0.25) is 0 Å². The number of cyclic esters (lactones) is 1. The Hall–Kier alpha value is -0.350. The van der Waals surface area contributed by atoms with E-state index >= 15 is 0 Å². The molecular formula is C7H9BrO3. The van der Waals surface area contributed by atoms with Crippen molar-refractivity contribution in [2.75, 3.05) is 6.61 Å². The molecule has 0 saturated heterocycles. The lowest BCUT2D eigenvalue weighted by molar-refractivity contribution is -0.188. The Morgan fingerprint density at radius 3 is 2.82 bits per heavy atom. The second-order valence-electron chi connectivity index (χ2n) is 2.33. The summed E-state index contributed by atoms with van der Waals surface area (Å²) in [6.07, 6.45) is 1.61. The van der Waals surface area contributed by atoms with E-state index in [1.807, 2.05) is 6.92 Å². The van der Waals surface area contributed by atoms with Gasteiger partial charge in [-0.15, -0.1) is 0 Å². The average Bonchev–Trinajstić information content (AvgIpc) is 2.08. The Bertz CT molecular complexity index is 212. The fourth-order valence-electron chi connectivity index (χ4n) is 0.909. The van der Waals surface area contributed by atoms with Crippen molar-refractivity contribution < 1.29 is 14.3 Å². The summed E-state index contributed by atoms with van der Waals surface area (Å²) >= 11 is 3.06. The normalized spacial score (nSPS) is 30.1. The first-order valence-corrected chi connectivity index (χ1v) is 4.12. The number of carbonyl (C=O) groups is 1. The molecule has 3 nitrogen and oxygen atoms in total. The van der Waals surface area contributed by atoms with Gasteiger partial charge in [0.2, 0.25) is 5.79 Å². The van der Waals surface area contributed by atoms with Crippen molar-refractivity contribution in [2.45, 2.75) is 19.6 Å².